The van der Waals surface area contributed by atoms with Gasteiger partial charge in [-0.2, -0.15) is 0 Å². The maximum Gasteiger partial charge on any atom is 0.135 e. The molecule has 12 aromatic carbocycles. The number of hydrogen-bond donors (Lipinski definition) is 0. The molecule has 0 amide bonds. The summed E-state index contributed by atoms with van der Waals surface area (Å²) in [5, 5.41) is 9.24. The topological polar surface area (TPSA) is 22.9 Å². The molecular formula is C66H45N3O. The van der Waals surface area contributed by atoms with Crippen molar-refractivity contribution in [1.82, 2.24) is 0 Å². The van der Waals surface area contributed by atoms with Crippen LogP contribution in [0.4, 0.5) is 51.2 Å². The summed E-state index contributed by atoms with van der Waals surface area (Å²) in [6, 6.07) is 98.3. The van der Waals surface area contributed by atoms with Gasteiger partial charge in [-0.3, -0.25) is 0 Å². The molecule has 4 nitrogen and oxygen atoms in total. The van der Waals surface area contributed by atoms with Crippen molar-refractivity contribution in [2.45, 2.75) is 0 Å². The number of rotatable bonds is 10. The number of anilines is 9. The summed E-state index contributed by atoms with van der Waals surface area (Å²) in [6.07, 6.45) is 0. The molecular weight excluding hydrogens is 851 g/mol. The molecule has 0 bridgehead atoms. The lowest BCUT2D eigenvalue weighted by molar-refractivity contribution is 0.669. The van der Waals surface area contributed by atoms with E-state index in [-0.39, 0.29) is 0 Å². The Morgan fingerprint density at radius 3 is 1.04 bits per heavy atom. The molecule has 0 N–H and O–H groups in total. The maximum atomic E-state index is 6.22. The third kappa shape index (κ3) is 7.27. The summed E-state index contributed by atoms with van der Waals surface area (Å²) in [5.41, 5.74) is 13.5. The first kappa shape index (κ1) is 40.9. The fourth-order valence-electron chi connectivity index (χ4n) is 10.3. The molecule has 13 rings (SSSR count). The van der Waals surface area contributed by atoms with Gasteiger partial charge in [-0.25, -0.2) is 0 Å². The zero-order valence-electron chi connectivity index (χ0n) is 38.2. The summed E-state index contributed by atoms with van der Waals surface area (Å²) >= 11 is 0. The molecule has 0 radical (unpaired) electrons. The van der Waals surface area contributed by atoms with Crippen LogP contribution in [-0.4, -0.2) is 0 Å². The van der Waals surface area contributed by atoms with Crippen molar-refractivity contribution >= 4 is 105 Å². The van der Waals surface area contributed by atoms with Crippen LogP contribution in [-0.2, 0) is 0 Å². The lowest BCUT2D eigenvalue weighted by Crippen LogP contribution is -2.16. The van der Waals surface area contributed by atoms with Crippen LogP contribution in [0.5, 0.6) is 0 Å². The standard InChI is InChI=1S/C66H45N3O/c1-3-24-51(25-4-1)67(62-32-15-21-47-18-7-10-28-57(47)62)54-43-55(68(52-26-5-2-6-27-52)63-33-16-22-48-19-8-11-29-58(48)63)45-56(44-54)69(64-34-17-23-49-20-9-12-30-59(49)64)53-39-36-46(37-40-53)50-38-41-66-61(42-50)60-31-13-14-35-65(60)70-66/h1-45H. The van der Waals surface area contributed by atoms with Crippen LogP contribution in [0.15, 0.2) is 277 Å². The second-order valence-electron chi connectivity index (χ2n) is 17.7. The molecule has 0 saturated carbocycles. The van der Waals surface area contributed by atoms with Crippen molar-refractivity contribution < 1.29 is 4.42 Å². The van der Waals surface area contributed by atoms with Crippen LogP contribution in [0, 0.1) is 0 Å². The van der Waals surface area contributed by atoms with Gasteiger partial charge in [0.2, 0.25) is 0 Å². The molecule has 0 unspecified atom stereocenters. The lowest BCUT2D eigenvalue weighted by atomic mass is 10.0. The van der Waals surface area contributed by atoms with Crippen LogP contribution in [0.3, 0.4) is 0 Å². The highest BCUT2D eigenvalue weighted by molar-refractivity contribution is 6.07. The SMILES string of the molecule is c1ccc(N(c2cc(N(c3ccccc3)c3cccc4ccccc34)cc(N(c3ccc(-c4ccc5oc6ccccc6c5c4)cc3)c3cccc4ccccc34)c2)c2cccc3ccccc23)cc1. The molecule has 1 heterocycles. The van der Waals surface area contributed by atoms with Crippen molar-refractivity contribution in [2.24, 2.45) is 0 Å². The van der Waals surface area contributed by atoms with Crippen LogP contribution in [0.25, 0.3) is 65.4 Å². The molecule has 0 atom stereocenters. The summed E-state index contributed by atoms with van der Waals surface area (Å²) < 4.78 is 6.22. The Balaban J connectivity index is 1.08. The number of furan rings is 1. The molecule has 0 fully saturated rings. The molecule has 330 valence electrons. The first-order valence-corrected chi connectivity index (χ1v) is 23.8. The fraction of sp³-hybridized carbons (Fsp3) is 0. The molecule has 4 heteroatoms. The maximum absolute atomic E-state index is 6.22. The monoisotopic (exact) mass is 895 g/mol. The van der Waals surface area contributed by atoms with E-state index in [4.69, 9.17) is 4.42 Å². The largest absolute Gasteiger partial charge is 0.456 e. The molecule has 70 heavy (non-hydrogen) atoms. The molecule has 1 aromatic heterocycles. The van der Waals surface area contributed by atoms with Gasteiger partial charge in [-0.05, 0) is 118 Å². The first-order chi connectivity index (χ1) is 34.7. The normalized spacial score (nSPS) is 11.4. The number of para-hydroxylation sites is 3. The van der Waals surface area contributed by atoms with Gasteiger partial charge in [0.15, 0.2) is 0 Å². The van der Waals surface area contributed by atoms with Gasteiger partial charge in [0.25, 0.3) is 0 Å². The summed E-state index contributed by atoms with van der Waals surface area (Å²) in [6.45, 7) is 0. The predicted molar refractivity (Wildman–Crippen MR) is 296 cm³/mol. The van der Waals surface area contributed by atoms with Crippen molar-refractivity contribution in [3.05, 3.63) is 273 Å². The van der Waals surface area contributed by atoms with E-state index in [2.05, 4.69) is 276 Å². The lowest BCUT2D eigenvalue weighted by Gasteiger charge is -2.34. The van der Waals surface area contributed by atoms with Gasteiger partial charge in [-0.15, -0.1) is 0 Å². The van der Waals surface area contributed by atoms with Crippen LogP contribution < -0.4 is 14.7 Å². The summed E-state index contributed by atoms with van der Waals surface area (Å²) in [4.78, 5) is 7.27. The van der Waals surface area contributed by atoms with Crippen molar-refractivity contribution in [2.75, 3.05) is 14.7 Å². The number of hydrogen-bond acceptors (Lipinski definition) is 4. The van der Waals surface area contributed by atoms with Crippen molar-refractivity contribution in [3.63, 3.8) is 0 Å². The third-order valence-electron chi connectivity index (χ3n) is 13.5. The predicted octanol–water partition coefficient (Wildman–Crippen LogP) is 19.1. The minimum Gasteiger partial charge on any atom is -0.456 e. The van der Waals surface area contributed by atoms with Gasteiger partial charge in [-0.1, -0.05) is 182 Å². The van der Waals surface area contributed by atoms with E-state index < -0.39 is 0 Å². The zero-order chi connectivity index (χ0) is 46.4. The minimum atomic E-state index is 0.889. The average Bonchev–Trinajstić information content (AvgIpc) is 3.80. The molecule has 0 aliphatic carbocycles. The van der Waals surface area contributed by atoms with Crippen LogP contribution in [0.2, 0.25) is 0 Å². The van der Waals surface area contributed by atoms with Gasteiger partial charge < -0.3 is 19.1 Å². The van der Waals surface area contributed by atoms with Crippen molar-refractivity contribution in [3.8, 4) is 11.1 Å². The van der Waals surface area contributed by atoms with E-state index in [9.17, 15) is 0 Å². The van der Waals surface area contributed by atoms with E-state index in [1.807, 2.05) is 12.1 Å². The Bertz CT molecular complexity index is 3870. The number of benzene rings is 12. The highest BCUT2D eigenvalue weighted by atomic mass is 16.3. The van der Waals surface area contributed by atoms with Gasteiger partial charge in [0, 0.05) is 44.0 Å². The van der Waals surface area contributed by atoms with Gasteiger partial charge in [0.1, 0.15) is 11.2 Å². The highest BCUT2D eigenvalue weighted by Crippen LogP contribution is 2.49. The van der Waals surface area contributed by atoms with E-state index in [1.54, 1.807) is 0 Å². The highest BCUT2D eigenvalue weighted by Gasteiger charge is 2.25. The van der Waals surface area contributed by atoms with Crippen LogP contribution >= 0.6 is 0 Å². The number of nitrogens with zero attached hydrogens (tertiary/aromatic N) is 3. The smallest absolute Gasteiger partial charge is 0.135 e. The Hall–Kier alpha value is -9.38. The Labute approximate surface area is 406 Å². The molecule has 0 saturated heterocycles. The summed E-state index contributed by atoms with van der Waals surface area (Å²) in [7, 11) is 0. The molecule has 0 aliphatic rings. The fourth-order valence-corrected chi connectivity index (χ4v) is 10.3. The van der Waals surface area contributed by atoms with Gasteiger partial charge >= 0.3 is 0 Å². The van der Waals surface area contributed by atoms with Crippen LogP contribution in [0.1, 0.15) is 0 Å². The van der Waals surface area contributed by atoms with E-state index in [0.29, 0.717) is 0 Å². The molecule has 0 spiro atoms. The van der Waals surface area contributed by atoms with Gasteiger partial charge in [0.05, 0.1) is 34.1 Å². The Morgan fingerprint density at radius 2 is 0.571 bits per heavy atom. The quantitative estimate of drug-likeness (QED) is 0.136. The Morgan fingerprint density at radius 1 is 0.214 bits per heavy atom. The molecule has 0 aliphatic heterocycles. The zero-order valence-corrected chi connectivity index (χ0v) is 38.2. The van der Waals surface area contributed by atoms with E-state index in [1.165, 1.54) is 16.2 Å². The second kappa shape index (κ2) is 17.4. The van der Waals surface area contributed by atoms with Crippen molar-refractivity contribution in [1.29, 1.82) is 0 Å². The number of fused-ring (bicyclic) bond motifs is 6. The average molecular weight is 896 g/mol. The first-order valence-electron chi connectivity index (χ1n) is 23.8. The minimum absolute atomic E-state index is 0.889. The van der Waals surface area contributed by atoms with E-state index >= 15 is 0 Å². The Kier molecular flexibility index (Phi) is 10.1. The third-order valence-corrected chi connectivity index (χ3v) is 13.5. The summed E-state index contributed by atoms with van der Waals surface area (Å²) in [5.74, 6) is 0. The second-order valence-corrected chi connectivity index (χ2v) is 17.7. The molecule has 13 aromatic rings. The van der Waals surface area contributed by atoms with E-state index in [0.717, 1.165) is 100 Å².